The Morgan fingerprint density at radius 3 is 2.92 bits per heavy atom. The molecule has 3 atom stereocenters. The van der Waals surface area contributed by atoms with Crippen molar-refractivity contribution in [2.24, 2.45) is 0 Å². The molecule has 3 aliphatic rings. The highest BCUT2D eigenvalue weighted by Gasteiger charge is 2.36. The fourth-order valence-corrected chi connectivity index (χ4v) is 3.94. The number of cyclic esters (lactones) is 1. The van der Waals surface area contributed by atoms with Gasteiger partial charge >= 0.3 is 12.1 Å². The quantitative estimate of drug-likeness (QED) is 0.777. The van der Waals surface area contributed by atoms with E-state index in [9.17, 15) is 9.59 Å². The Balaban J connectivity index is 1.48. The largest absolute Gasteiger partial charge is 0.465 e. The number of carboxylic acid groups (broad SMARTS) is 1. The van der Waals surface area contributed by atoms with Crippen molar-refractivity contribution in [2.75, 3.05) is 32.8 Å². The summed E-state index contributed by atoms with van der Waals surface area (Å²) in [6.45, 7) is 4.92. The highest BCUT2D eigenvalue weighted by atomic mass is 16.5. The van der Waals surface area contributed by atoms with E-state index in [0.29, 0.717) is 25.3 Å². The number of fused-ring (bicyclic) bond motifs is 2. The number of carbonyl (C=O) groups excluding carboxylic acids is 1. The molecule has 2 saturated heterocycles. The minimum absolute atomic E-state index is 0.0498. The van der Waals surface area contributed by atoms with E-state index in [1.54, 1.807) is 0 Å². The van der Waals surface area contributed by atoms with Gasteiger partial charge < -0.3 is 19.5 Å². The van der Waals surface area contributed by atoms with Gasteiger partial charge in [-0.3, -0.25) is 4.90 Å². The van der Waals surface area contributed by atoms with Gasteiger partial charge in [0.15, 0.2) is 0 Å². The number of piperazine rings is 1. The van der Waals surface area contributed by atoms with E-state index in [2.05, 4.69) is 11.0 Å². The number of nitrogens with zero attached hydrogens (tertiary/aromatic N) is 2. The van der Waals surface area contributed by atoms with E-state index >= 15 is 0 Å². The number of benzene rings is 1. The molecule has 0 aliphatic carbocycles. The molecular weight excluding hydrogens is 324 g/mol. The Morgan fingerprint density at radius 2 is 2.12 bits per heavy atom. The first-order valence-corrected chi connectivity index (χ1v) is 8.68. The SMILES string of the molecule is C[C@@H]1Cc2cc([C@H]3CN4CCN(C(=O)O)C[C@@H]4CO3)ccc2C(=O)O1. The van der Waals surface area contributed by atoms with E-state index in [0.717, 1.165) is 30.6 Å². The monoisotopic (exact) mass is 346 g/mol. The smallest absolute Gasteiger partial charge is 0.407 e. The van der Waals surface area contributed by atoms with Gasteiger partial charge in [-0.1, -0.05) is 12.1 Å². The molecule has 1 aromatic carbocycles. The van der Waals surface area contributed by atoms with Crippen LogP contribution >= 0.6 is 0 Å². The van der Waals surface area contributed by atoms with Gasteiger partial charge in [-0.25, -0.2) is 9.59 Å². The summed E-state index contributed by atoms with van der Waals surface area (Å²) in [6.07, 6.45) is -0.290. The topological polar surface area (TPSA) is 79.3 Å². The van der Waals surface area contributed by atoms with E-state index in [1.807, 2.05) is 19.1 Å². The lowest BCUT2D eigenvalue weighted by Gasteiger charge is -2.45. The van der Waals surface area contributed by atoms with Crippen LogP contribution in [-0.2, 0) is 15.9 Å². The normalized spacial score (nSPS) is 29.6. The fraction of sp³-hybridized carbons (Fsp3) is 0.556. The minimum Gasteiger partial charge on any atom is -0.465 e. The van der Waals surface area contributed by atoms with Crippen LogP contribution in [0.1, 0.15) is 34.5 Å². The molecule has 0 aromatic heterocycles. The maximum atomic E-state index is 11.9. The zero-order chi connectivity index (χ0) is 17.6. The van der Waals surface area contributed by atoms with E-state index in [1.165, 1.54) is 4.90 Å². The van der Waals surface area contributed by atoms with Gasteiger partial charge in [-0.2, -0.15) is 0 Å². The first-order chi connectivity index (χ1) is 12.0. The summed E-state index contributed by atoms with van der Waals surface area (Å²) in [4.78, 5) is 26.8. The van der Waals surface area contributed by atoms with E-state index < -0.39 is 6.09 Å². The van der Waals surface area contributed by atoms with Gasteiger partial charge in [0.1, 0.15) is 6.10 Å². The van der Waals surface area contributed by atoms with Gasteiger partial charge in [0.05, 0.1) is 24.3 Å². The summed E-state index contributed by atoms with van der Waals surface area (Å²) >= 11 is 0. The molecule has 134 valence electrons. The van der Waals surface area contributed by atoms with E-state index in [4.69, 9.17) is 14.6 Å². The lowest BCUT2D eigenvalue weighted by atomic mass is 9.94. The van der Waals surface area contributed by atoms with Gasteiger partial charge in [0.25, 0.3) is 0 Å². The Hall–Kier alpha value is -2.12. The van der Waals surface area contributed by atoms with Crippen molar-refractivity contribution in [3.05, 3.63) is 34.9 Å². The van der Waals surface area contributed by atoms with Crippen LogP contribution in [0.2, 0.25) is 0 Å². The molecular formula is C18H22N2O5. The summed E-state index contributed by atoms with van der Waals surface area (Å²) in [5, 5.41) is 9.14. The van der Waals surface area contributed by atoms with Crippen molar-refractivity contribution < 1.29 is 24.2 Å². The van der Waals surface area contributed by atoms with Crippen LogP contribution in [0.5, 0.6) is 0 Å². The molecule has 7 heteroatoms. The molecule has 3 aliphatic heterocycles. The van der Waals surface area contributed by atoms with Crippen LogP contribution in [-0.4, -0.2) is 71.9 Å². The average Bonchev–Trinajstić information content (AvgIpc) is 2.60. The predicted molar refractivity (Wildman–Crippen MR) is 88.7 cm³/mol. The summed E-state index contributed by atoms with van der Waals surface area (Å²) in [5.74, 6) is -0.255. The molecule has 0 bridgehead atoms. The van der Waals surface area contributed by atoms with Crippen molar-refractivity contribution >= 4 is 12.1 Å². The fourth-order valence-electron chi connectivity index (χ4n) is 3.94. The molecule has 0 spiro atoms. The number of hydrogen-bond donors (Lipinski definition) is 1. The number of amides is 1. The Bertz CT molecular complexity index is 707. The van der Waals surface area contributed by atoms with Crippen LogP contribution in [0, 0.1) is 0 Å². The lowest BCUT2D eigenvalue weighted by Crippen LogP contribution is -2.59. The first-order valence-electron chi connectivity index (χ1n) is 8.68. The highest BCUT2D eigenvalue weighted by Crippen LogP contribution is 2.30. The van der Waals surface area contributed by atoms with Gasteiger partial charge in [-0.05, 0) is 24.1 Å². The standard InChI is InChI=1S/C18H22N2O5/c1-11-6-13-7-12(2-3-15(13)17(21)25-11)16-9-19-4-5-20(18(22)23)8-14(19)10-24-16/h2-3,7,11,14,16H,4-6,8-10H2,1H3,(H,22,23)/t11-,14-,16-/m1/s1. The zero-order valence-corrected chi connectivity index (χ0v) is 14.2. The molecule has 7 nitrogen and oxygen atoms in total. The number of ether oxygens (including phenoxy) is 2. The number of rotatable bonds is 1. The summed E-state index contributed by atoms with van der Waals surface area (Å²) in [5.41, 5.74) is 2.73. The minimum atomic E-state index is -0.863. The van der Waals surface area contributed by atoms with Gasteiger partial charge in [-0.15, -0.1) is 0 Å². The molecule has 1 aromatic rings. The summed E-state index contributed by atoms with van der Waals surface area (Å²) in [7, 11) is 0. The van der Waals surface area contributed by atoms with Crippen LogP contribution in [0.4, 0.5) is 4.79 Å². The van der Waals surface area contributed by atoms with Crippen LogP contribution in [0.15, 0.2) is 18.2 Å². The van der Waals surface area contributed by atoms with Crippen LogP contribution in [0.25, 0.3) is 0 Å². The predicted octanol–water partition coefficient (Wildman–Crippen LogP) is 1.52. The molecule has 1 N–H and O–H groups in total. The number of esters is 1. The molecule has 4 rings (SSSR count). The second kappa shape index (κ2) is 6.31. The number of hydrogen-bond acceptors (Lipinski definition) is 5. The number of morpholine rings is 1. The van der Waals surface area contributed by atoms with Crippen LogP contribution < -0.4 is 0 Å². The third-order valence-electron chi connectivity index (χ3n) is 5.30. The van der Waals surface area contributed by atoms with Crippen molar-refractivity contribution in [3.63, 3.8) is 0 Å². The summed E-state index contributed by atoms with van der Waals surface area (Å²) < 4.78 is 11.3. The molecule has 0 unspecified atom stereocenters. The maximum absolute atomic E-state index is 11.9. The maximum Gasteiger partial charge on any atom is 0.407 e. The van der Waals surface area contributed by atoms with Crippen molar-refractivity contribution in [2.45, 2.75) is 31.6 Å². The average molecular weight is 346 g/mol. The second-order valence-electron chi connectivity index (χ2n) is 7.04. The van der Waals surface area contributed by atoms with Gasteiger partial charge in [0, 0.05) is 32.6 Å². The van der Waals surface area contributed by atoms with Crippen molar-refractivity contribution in [1.29, 1.82) is 0 Å². The van der Waals surface area contributed by atoms with Crippen molar-refractivity contribution in [1.82, 2.24) is 9.80 Å². The third kappa shape index (κ3) is 3.09. The Labute approximate surface area is 146 Å². The Kier molecular flexibility index (Phi) is 4.13. The summed E-state index contributed by atoms with van der Waals surface area (Å²) in [6, 6.07) is 5.95. The van der Waals surface area contributed by atoms with Crippen LogP contribution in [0.3, 0.4) is 0 Å². The van der Waals surface area contributed by atoms with Gasteiger partial charge in [0.2, 0.25) is 0 Å². The van der Waals surface area contributed by atoms with Crippen molar-refractivity contribution in [3.8, 4) is 0 Å². The molecule has 0 saturated carbocycles. The molecule has 3 heterocycles. The lowest BCUT2D eigenvalue weighted by molar-refractivity contribution is -0.0867. The van der Waals surface area contributed by atoms with E-state index in [-0.39, 0.29) is 24.2 Å². The highest BCUT2D eigenvalue weighted by molar-refractivity contribution is 5.92. The third-order valence-corrected chi connectivity index (χ3v) is 5.30. The zero-order valence-electron chi connectivity index (χ0n) is 14.2. The molecule has 2 fully saturated rings. The first kappa shape index (κ1) is 16.4. The molecule has 25 heavy (non-hydrogen) atoms. The molecule has 1 amide bonds. The Morgan fingerprint density at radius 1 is 1.28 bits per heavy atom. The number of carbonyl (C=O) groups is 2. The second-order valence-corrected chi connectivity index (χ2v) is 7.04. The molecule has 0 radical (unpaired) electrons.